The summed E-state index contributed by atoms with van der Waals surface area (Å²) in [5.74, 6) is -0.893. The van der Waals surface area contributed by atoms with Crippen LogP contribution in [0.5, 0.6) is 0 Å². The molecule has 2 nitrogen and oxygen atoms in total. The third-order valence-electron chi connectivity index (χ3n) is 2.05. The highest BCUT2D eigenvalue weighted by molar-refractivity contribution is 5.79. The second-order valence-electron chi connectivity index (χ2n) is 3.11. The number of aryl methyl sites for hydroxylation is 1. The van der Waals surface area contributed by atoms with Crippen LogP contribution >= 0.6 is 0 Å². The van der Waals surface area contributed by atoms with Gasteiger partial charge in [-0.15, -0.1) is 0 Å². The molecule has 0 saturated heterocycles. The van der Waals surface area contributed by atoms with Crippen molar-refractivity contribution in [3.63, 3.8) is 0 Å². The van der Waals surface area contributed by atoms with E-state index in [4.69, 9.17) is 5.11 Å². The predicted octanol–water partition coefficient (Wildman–Crippen LogP) is 2.43. The summed E-state index contributed by atoms with van der Waals surface area (Å²) in [4.78, 5) is 10.2. The van der Waals surface area contributed by atoms with Gasteiger partial charge in [-0.05, 0) is 24.0 Å². The van der Waals surface area contributed by atoms with Crippen molar-refractivity contribution in [2.75, 3.05) is 0 Å². The first-order chi connectivity index (χ1) is 6.72. The lowest BCUT2D eigenvalue weighted by Crippen LogP contribution is -1.88. The highest BCUT2D eigenvalue weighted by Gasteiger charge is 1.91. The molecule has 2 heteroatoms. The third-order valence-corrected chi connectivity index (χ3v) is 2.05. The van der Waals surface area contributed by atoms with Crippen LogP contribution in [0.1, 0.15) is 18.1 Å². The standard InChI is InChI=1S/C12H14O2/c1-2-10-6-8-11(9-7-10)4-3-5-12(13)14/h3,5-9H,2,4H2,1H3,(H,13,14). The summed E-state index contributed by atoms with van der Waals surface area (Å²) in [5.41, 5.74) is 2.44. The largest absolute Gasteiger partial charge is 0.478 e. The lowest BCUT2D eigenvalue weighted by Gasteiger charge is -1.98. The molecule has 0 unspecified atom stereocenters. The highest BCUT2D eigenvalue weighted by Crippen LogP contribution is 2.05. The Morgan fingerprint density at radius 2 is 1.86 bits per heavy atom. The van der Waals surface area contributed by atoms with Gasteiger partial charge in [0.1, 0.15) is 0 Å². The van der Waals surface area contributed by atoms with E-state index in [0.29, 0.717) is 6.42 Å². The van der Waals surface area contributed by atoms with Crippen molar-refractivity contribution in [3.8, 4) is 0 Å². The topological polar surface area (TPSA) is 37.3 Å². The number of carboxylic acids is 1. The summed E-state index contributed by atoms with van der Waals surface area (Å²) in [6.07, 6.45) is 4.54. The van der Waals surface area contributed by atoms with E-state index < -0.39 is 5.97 Å². The normalized spacial score (nSPS) is 10.6. The maximum absolute atomic E-state index is 10.2. The molecule has 0 radical (unpaired) electrons. The molecule has 14 heavy (non-hydrogen) atoms. The van der Waals surface area contributed by atoms with E-state index in [1.165, 1.54) is 11.6 Å². The molecule has 0 aromatic heterocycles. The molecular weight excluding hydrogens is 176 g/mol. The highest BCUT2D eigenvalue weighted by atomic mass is 16.4. The Balaban J connectivity index is 2.56. The number of hydrogen-bond donors (Lipinski definition) is 1. The van der Waals surface area contributed by atoms with Crippen molar-refractivity contribution in [1.29, 1.82) is 0 Å². The molecule has 0 heterocycles. The second kappa shape index (κ2) is 5.22. The number of rotatable bonds is 4. The van der Waals surface area contributed by atoms with Gasteiger partial charge in [0.15, 0.2) is 0 Å². The van der Waals surface area contributed by atoms with Crippen molar-refractivity contribution in [1.82, 2.24) is 0 Å². The van der Waals surface area contributed by atoms with Crippen molar-refractivity contribution in [2.24, 2.45) is 0 Å². The lowest BCUT2D eigenvalue weighted by molar-refractivity contribution is -0.131. The van der Waals surface area contributed by atoms with Crippen LogP contribution < -0.4 is 0 Å². The van der Waals surface area contributed by atoms with Gasteiger partial charge in [0, 0.05) is 6.08 Å². The fourth-order valence-electron chi connectivity index (χ4n) is 1.21. The predicted molar refractivity (Wildman–Crippen MR) is 56.3 cm³/mol. The van der Waals surface area contributed by atoms with E-state index in [1.54, 1.807) is 6.08 Å². The minimum absolute atomic E-state index is 0.677. The number of aliphatic carboxylic acids is 1. The minimum atomic E-state index is -0.893. The zero-order valence-electron chi connectivity index (χ0n) is 8.23. The SMILES string of the molecule is CCc1ccc(CC=CC(=O)O)cc1. The number of hydrogen-bond acceptors (Lipinski definition) is 1. The fourth-order valence-corrected chi connectivity index (χ4v) is 1.21. The average Bonchev–Trinajstić information content (AvgIpc) is 2.18. The quantitative estimate of drug-likeness (QED) is 0.740. The lowest BCUT2D eigenvalue weighted by atomic mass is 10.1. The van der Waals surface area contributed by atoms with Crippen LogP contribution in [-0.4, -0.2) is 11.1 Å². The van der Waals surface area contributed by atoms with Gasteiger partial charge in [-0.3, -0.25) is 0 Å². The van der Waals surface area contributed by atoms with Gasteiger partial charge in [0.25, 0.3) is 0 Å². The molecule has 0 spiro atoms. The smallest absolute Gasteiger partial charge is 0.327 e. The van der Waals surface area contributed by atoms with Crippen LogP contribution in [0.15, 0.2) is 36.4 Å². The van der Waals surface area contributed by atoms with Gasteiger partial charge in [0.2, 0.25) is 0 Å². The van der Waals surface area contributed by atoms with Crippen LogP contribution in [0.25, 0.3) is 0 Å². The molecule has 0 aliphatic carbocycles. The summed E-state index contributed by atoms with van der Waals surface area (Å²) in [6, 6.07) is 8.21. The Hall–Kier alpha value is -1.57. The van der Waals surface area contributed by atoms with Crippen LogP contribution in [0.3, 0.4) is 0 Å². The first-order valence-electron chi connectivity index (χ1n) is 4.69. The summed E-state index contributed by atoms with van der Waals surface area (Å²) < 4.78 is 0. The molecule has 0 bridgehead atoms. The minimum Gasteiger partial charge on any atom is -0.478 e. The fraction of sp³-hybridized carbons (Fsp3) is 0.250. The van der Waals surface area contributed by atoms with Crippen LogP contribution in [-0.2, 0) is 17.6 Å². The Morgan fingerprint density at radius 3 is 2.36 bits per heavy atom. The monoisotopic (exact) mass is 190 g/mol. The molecule has 0 amide bonds. The van der Waals surface area contributed by atoms with Gasteiger partial charge < -0.3 is 5.11 Å². The summed E-state index contributed by atoms with van der Waals surface area (Å²) in [6.45, 7) is 2.11. The van der Waals surface area contributed by atoms with Gasteiger partial charge >= 0.3 is 5.97 Å². The zero-order valence-corrected chi connectivity index (χ0v) is 8.23. The first kappa shape index (κ1) is 10.5. The van der Waals surface area contributed by atoms with Gasteiger partial charge in [-0.25, -0.2) is 4.79 Å². The molecule has 1 N–H and O–H groups in total. The molecule has 74 valence electrons. The number of carbonyl (C=O) groups is 1. The molecule has 0 aliphatic heterocycles. The molecule has 1 aromatic rings. The van der Waals surface area contributed by atoms with Gasteiger partial charge in [0.05, 0.1) is 0 Å². The Morgan fingerprint density at radius 1 is 1.29 bits per heavy atom. The summed E-state index contributed by atoms with van der Waals surface area (Å²) in [5, 5.41) is 8.39. The van der Waals surface area contributed by atoms with Gasteiger partial charge in [-0.1, -0.05) is 37.3 Å². The second-order valence-corrected chi connectivity index (χ2v) is 3.11. The zero-order chi connectivity index (χ0) is 10.4. The van der Waals surface area contributed by atoms with E-state index >= 15 is 0 Å². The maximum atomic E-state index is 10.2. The van der Waals surface area contributed by atoms with Gasteiger partial charge in [-0.2, -0.15) is 0 Å². The van der Waals surface area contributed by atoms with E-state index in [0.717, 1.165) is 12.0 Å². The van der Waals surface area contributed by atoms with Crippen LogP contribution in [0.2, 0.25) is 0 Å². The van der Waals surface area contributed by atoms with E-state index in [2.05, 4.69) is 19.1 Å². The molecule has 0 aliphatic rings. The van der Waals surface area contributed by atoms with E-state index in [9.17, 15) is 4.79 Å². The Kier molecular flexibility index (Phi) is 3.92. The van der Waals surface area contributed by atoms with Crippen molar-refractivity contribution in [3.05, 3.63) is 47.5 Å². The maximum Gasteiger partial charge on any atom is 0.327 e. The van der Waals surface area contributed by atoms with Crippen molar-refractivity contribution >= 4 is 5.97 Å². The van der Waals surface area contributed by atoms with E-state index in [-0.39, 0.29) is 0 Å². The Labute approximate surface area is 83.9 Å². The average molecular weight is 190 g/mol. The molecule has 1 rings (SSSR count). The number of allylic oxidation sites excluding steroid dienone is 1. The molecule has 0 fully saturated rings. The summed E-state index contributed by atoms with van der Waals surface area (Å²) >= 11 is 0. The first-order valence-corrected chi connectivity index (χ1v) is 4.69. The van der Waals surface area contributed by atoms with Crippen LogP contribution in [0, 0.1) is 0 Å². The molecule has 1 aromatic carbocycles. The van der Waals surface area contributed by atoms with Crippen molar-refractivity contribution in [2.45, 2.75) is 19.8 Å². The Bertz CT molecular complexity index is 323. The number of benzene rings is 1. The molecule has 0 saturated carbocycles. The third kappa shape index (κ3) is 3.44. The molecule has 0 atom stereocenters. The van der Waals surface area contributed by atoms with Crippen LogP contribution in [0.4, 0.5) is 0 Å². The summed E-state index contributed by atoms with van der Waals surface area (Å²) in [7, 11) is 0. The molecular formula is C12H14O2. The number of carboxylic acid groups (broad SMARTS) is 1. The van der Waals surface area contributed by atoms with Crippen molar-refractivity contribution < 1.29 is 9.90 Å². The van der Waals surface area contributed by atoms with E-state index in [1.807, 2.05) is 12.1 Å².